The molecular formula is C24H20ClF3N6O3. The van der Waals surface area contributed by atoms with E-state index in [1.807, 2.05) is 4.90 Å². The molecule has 37 heavy (non-hydrogen) atoms. The predicted octanol–water partition coefficient (Wildman–Crippen LogP) is 4.63. The molecule has 1 unspecified atom stereocenters. The molecular weight excluding hydrogens is 513 g/mol. The summed E-state index contributed by atoms with van der Waals surface area (Å²) in [7, 11) is 0. The van der Waals surface area contributed by atoms with Gasteiger partial charge in [0.2, 0.25) is 5.88 Å². The summed E-state index contributed by atoms with van der Waals surface area (Å²) in [6.07, 6.45) is 0.297. The third-order valence-corrected chi connectivity index (χ3v) is 6.65. The number of hydrogen-bond acceptors (Lipinski definition) is 8. The highest BCUT2D eigenvalue weighted by Gasteiger charge is 2.38. The van der Waals surface area contributed by atoms with Crippen LogP contribution < -0.4 is 15.2 Å². The van der Waals surface area contributed by atoms with E-state index in [0.717, 1.165) is 25.0 Å². The largest absolute Gasteiger partial charge is 0.438 e. The summed E-state index contributed by atoms with van der Waals surface area (Å²) in [5.74, 6) is -0.546. The Morgan fingerprint density at radius 3 is 2.81 bits per heavy atom. The maximum absolute atomic E-state index is 13.7. The van der Waals surface area contributed by atoms with Crippen LogP contribution in [-0.4, -0.2) is 32.9 Å². The topological polar surface area (TPSA) is 106 Å². The SMILES string of the molecule is N#Cc1cccc(Oc2ncnc3c2CCN(c2cnn(C4CCCCO4)c(=O)c2Cl)C3)c1C(F)(F)F. The molecule has 1 saturated heterocycles. The smallest absolute Gasteiger partial charge is 0.421 e. The molecule has 2 aliphatic heterocycles. The summed E-state index contributed by atoms with van der Waals surface area (Å²) in [6, 6.07) is 5.09. The number of fused-ring (bicyclic) bond motifs is 1. The molecule has 192 valence electrons. The summed E-state index contributed by atoms with van der Waals surface area (Å²) in [5.41, 5.74) is -0.705. The Morgan fingerprint density at radius 2 is 2.08 bits per heavy atom. The minimum Gasteiger partial charge on any atom is -0.438 e. The standard InChI is InChI=1S/C24H20ClF3N6O3/c25-21-17(11-32-34(23(21)35)19-6-1-2-9-36-19)33-8-7-15-16(12-33)30-13-31-22(15)37-18-5-3-4-14(10-29)20(18)24(26,27)28/h3-5,11,13,19H,1-2,6-9,12H2. The van der Waals surface area contributed by atoms with Crippen LogP contribution in [0.2, 0.25) is 5.02 Å². The van der Waals surface area contributed by atoms with Crippen LogP contribution in [0.15, 0.2) is 35.5 Å². The van der Waals surface area contributed by atoms with Crippen molar-refractivity contribution in [2.45, 2.75) is 44.6 Å². The highest BCUT2D eigenvalue weighted by Crippen LogP contribution is 2.41. The average molecular weight is 533 g/mol. The number of benzene rings is 1. The first-order chi connectivity index (χ1) is 17.8. The van der Waals surface area contributed by atoms with Crippen LogP contribution in [0, 0.1) is 11.3 Å². The van der Waals surface area contributed by atoms with Gasteiger partial charge >= 0.3 is 6.18 Å². The Kier molecular flexibility index (Phi) is 6.74. The van der Waals surface area contributed by atoms with Gasteiger partial charge in [-0.05, 0) is 37.8 Å². The van der Waals surface area contributed by atoms with Gasteiger partial charge < -0.3 is 14.4 Å². The van der Waals surface area contributed by atoms with Crippen LogP contribution in [0.3, 0.4) is 0 Å². The molecule has 13 heteroatoms. The maximum atomic E-state index is 13.7. The van der Waals surface area contributed by atoms with Crippen molar-refractivity contribution in [2.75, 3.05) is 18.1 Å². The third-order valence-electron chi connectivity index (χ3n) is 6.30. The first kappa shape index (κ1) is 25.0. The monoisotopic (exact) mass is 532 g/mol. The van der Waals surface area contributed by atoms with E-state index in [9.17, 15) is 18.0 Å². The molecule has 5 rings (SSSR count). The number of halogens is 4. The lowest BCUT2D eigenvalue weighted by Crippen LogP contribution is -2.36. The molecule has 9 nitrogen and oxygen atoms in total. The fourth-order valence-corrected chi connectivity index (χ4v) is 4.76. The van der Waals surface area contributed by atoms with E-state index in [1.165, 1.54) is 23.3 Å². The predicted molar refractivity (Wildman–Crippen MR) is 125 cm³/mol. The van der Waals surface area contributed by atoms with Crippen LogP contribution in [0.5, 0.6) is 11.6 Å². The van der Waals surface area contributed by atoms with Crippen molar-refractivity contribution in [3.8, 4) is 17.7 Å². The molecule has 1 aromatic carbocycles. The molecule has 2 aromatic heterocycles. The van der Waals surface area contributed by atoms with Gasteiger partial charge in [0.1, 0.15) is 22.7 Å². The second-order valence-corrected chi connectivity index (χ2v) is 8.96. The van der Waals surface area contributed by atoms with Crippen LogP contribution >= 0.6 is 11.6 Å². The van der Waals surface area contributed by atoms with Crippen molar-refractivity contribution < 1.29 is 22.6 Å². The van der Waals surface area contributed by atoms with Crippen LogP contribution in [0.4, 0.5) is 18.9 Å². The number of rotatable bonds is 4. The van der Waals surface area contributed by atoms with E-state index < -0.39 is 34.8 Å². The van der Waals surface area contributed by atoms with Crippen LogP contribution in [-0.2, 0) is 23.9 Å². The summed E-state index contributed by atoms with van der Waals surface area (Å²) < 4.78 is 53.5. The quantitative estimate of drug-likeness (QED) is 0.479. The van der Waals surface area contributed by atoms with E-state index in [2.05, 4.69) is 15.1 Å². The van der Waals surface area contributed by atoms with Gasteiger partial charge in [-0.25, -0.2) is 9.97 Å². The molecule has 0 aliphatic carbocycles. The van der Waals surface area contributed by atoms with E-state index in [0.29, 0.717) is 42.9 Å². The molecule has 0 bridgehead atoms. The summed E-state index contributed by atoms with van der Waals surface area (Å²) in [4.78, 5) is 23.0. The maximum Gasteiger partial charge on any atom is 0.421 e. The summed E-state index contributed by atoms with van der Waals surface area (Å²) >= 11 is 6.44. The summed E-state index contributed by atoms with van der Waals surface area (Å²) in [6.45, 7) is 1.13. The van der Waals surface area contributed by atoms with Gasteiger partial charge in [-0.1, -0.05) is 17.7 Å². The van der Waals surface area contributed by atoms with Crippen molar-refractivity contribution in [1.82, 2.24) is 19.7 Å². The number of ether oxygens (including phenoxy) is 2. The van der Waals surface area contributed by atoms with E-state index >= 15 is 0 Å². The number of alkyl halides is 3. The zero-order valence-electron chi connectivity index (χ0n) is 19.3. The van der Waals surface area contributed by atoms with Gasteiger partial charge in [0.15, 0.2) is 6.23 Å². The first-order valence-electron chi connectivity index (χ1n) is 11.5. The van der Waals surface area contributed by atoms with Gasteiger partial charge in [-0.3, -0.25) is 4.79 Å². The lowest BCUT2D eigenvalue weighted by molar-refractivity contribution is -0.138. The zero-order valence-corrected chi connectivity index (χ0v) is 20.1. The van der Waals surface area contributed by atoms with Crippen molar-refractivity contribution in [1.29, 1.82) is 5.26 Å². The Morgan fingerprint density at radius 1 is 1.24 bits per heavy atom. The first-order valence-corrected chi connectivity index (χ1v) is 11.9. The number of anilines is 1. The number of aromatic nitrogens is 4. The lowest BCUT2D eigenvalue weighted by Gasteiger charge is -2.31. The van der Waals surface area contributed by atoms with E-state index in [-0.39, 0.29) is 17.4 Å². The zero-order chi connectivity index (χ0) is 26.2. The van der Waals surface area contributed by atoms with Crippen molar-refractivity contribution >= 4 is 17.3 Å². The molecule has 0 radical (unpaired) electrons. The minimum absolute atomic E-state index is 0.00119. The molecule has 0 saturated carbocycles. The van der Waals surface area contributed by atoms with Crippen molar-refractivity contribution in [3.63, 3.8) is 0 Å². The molecule has 1 fully saturated rings. The Bertz CT molecular complexity index is 1430. The third kappa shape index (κ3) is 4.84. The normalized spacial score (nSPS) is 17.7. The van der Waals surface area contributed by atoms with Gasteiger partial charge in [0.25, 0.3) is 5.56 Å². The van der Waals surface area contributed by atoms with Gasteiger partial charge in [-0.15, -0.1) is 0 Å². The highest BCUT2D eigenvalue weighted by molar-refractivity contribution is 6.33. The fourth-order valence-electron chi connectivity index (χ4n) is 4.50. The van der Waals surface area contributed by atoms with Crippen LogP contribution in [0.25, 0.3) is 0 Å². The molecule has 3 aromatic rings. The summed E-state index contributed by atoms with van der Waals surface area (Å²) in [5, 5.41) is 13.4. The number of nitrogens with zero attached hydrogens (tertiary/aromatic N) is 6. The number of nitriles is 1. The molecule has 0 spiro atoms. The second kappa shape index (κ2) is 9.99. The number of hydrogen-bond donors (Lipinski definition) is 0. The Labute approximate surface area is 214 Å². The molecule has 0 amide bonds. The lowest BCUT2D eigenvalue weighted by atomic mass is 10.0. The van der Waals surface area contributed by atoms with Crippen molar-refractivity contribution in [2.24, 2.45) is 0 Å². The fraction of sp³-hybridized carbons (Fsp3) is 0.375. The molecule has 0 N–H and O–H groups in total. The minimum atomic E-state index is -4.79. The molecule has 1 atom stereocenters. The van der Waals surface area contributed by atoms with Gasteiger partial charge in [0, 0.05) is 18.7 Å². The van der Waals surface area contributed by atoms with Crippen LogP contribution in [0.1, 0.15) is 47.9 Å². The highest BCUT2D eigenvalue weighted by atomic mass is 35.5. The van der Waals surface area contributed by atoms with E-state index in [4.69, 9.17) is 26.3 Å². The average Bonchev–Trinajstić information content (AvgIpc) is 2.90. The molecule has 2 aliphatic rings. The van der Waals surface area contributed by atoms with E-state index in [1.54, 1.807) is 6.07 Å². The Hall–Kier alpha value is -3.69. The second-order valence-electron chi connectivity index (χ2n) is 8.58. The van der Waals surface area contributed by atoms with Crippen molar-refractivity contribution in [3.05, 3.63) is 68.5 Å². The van der Waals surface area contributed by atoms with Gasteiger partial charge in [0.05, 0.1) is 35.8 Å². The Balaban J connectivity index is 1.42. The van der Waals surface area contributed by atoms with Gasteiger partial charge in [-0.2, -0.15) is 28.2 Å². The molecule has 4 heterocycles.